The first-order chi connectivity index (χ1) is 7.20. The predicted octanol–water partition coefficient (Wildman–Crippen LogP) is 1.43. The number of amides is 1. The van der Waals surface area contributed by atoms with Crippen molar-refractivity contribution >= 4 is 40.4 Å². The maximum atomic E-state index is 10.2. The molecule has 0 aromatic carbocycles. The molecule has 6 heteroatoms. The third-order valence-corrected chi connectivity index (χ3v) is 2.06. The van der Waals surface area contributed by atoms with Gasteiger partial charge in [-0.2, -0.15) is 0 Å². The first kappa shape index (κ1) is 9.67. The Morgan fingerprint density at radius 3 is 3.00 bits per heavy atom. The van der Waals surface area contributed by atoms with Gasteiger partial charge in [-0.25, -0.2) is 4.98 Å². The van der Waals surface area contributed by atoms with E-state index in [1.54, 1.807) is 6.07 Å². The van der Waals surface area contributed by atoms with Crippen molar-refractivity contribution in [1.29, 1.82) is 0 Å². The Kier molecular flexibility index (Phi) is 2.39. The summed E-state index contributed by atoms with van der Waals surface area (Å²) < 4.78 is 0. The van der Waals surface area contributed by atoms with Crippen molar-refractivity contribution in [3.63, 3.8) is 0 Å². The zero-order chi connectivity index (χ0) is 10.8. The summed E-state index contributed by atoms with van der Waals surface area (Å²) in [5.74, 6) is 0. The minimum Gasteiger partial charge on any atom is -0.397 e. The Morgan fingerprint density at radius 1 is 1.47 bits per heavy atom. The number of pyridine rings is 2. The second-order valence-electron chi connectivity index (χ2n) is 2.89. The van der Waals surface area contributed by atoms with Gasteiger partial charge in [-0.1, -0.05) is 11.6 Å². The standard InChI is InChI=1S/C9H7ClN4O/c10-8-2-6(11)9-7(14-8)1-5(3-12-9)13-4-15/h1-4H,(H2,11,14)(H,13,15). The molecule has 0 radical (unpaired) electrons. The average molecular weight is 223 g/mol. The number of fused-ring (bicyclic) bond motifs is 1. The first-order valence-electron chi connectivity index (χ1n) is 4.12. The van der Waals surface area contributed by atoms with Gasteiger partial charge in [-0.05, 0) is 6.07 Å². The largest absolute Gasteiger partial charge is 0.397 e. The van der Waals surface area contributed by atoms with Gasteiger partial charge in [0.25, 0.3) is 0 Å². The molecule has 0 fully saturated rings. The number of anilines is 2. The number of hydrogen-bond donors (Lipinski definition) is 2. The number of carbonyl (C=O) groups is 1. The maximum absolute atomic E-state index is 10.2. The zero-order valence-corrected chi connectivity index (χ0v) is 8.32. The van der Waals surface area contributed by atoms with Crippen molar-refractivity contribution in [2.24, 2.45) is 0 Å². The van der Waals surface area contributed by atoms with Gasteiger partial charge in [0.2, 0.25) is 6.41 Å². The Bertz CT molecular complexity index is 529. The lowest BCUT2D eigenvalue weighted by molar-refractivity contribution is -0.105. The Balaban J connectivity index is 2.65. The summed E-state index contributed by atoms with van der Waals surface area (Å²) >= 11 is 5.74. The van der Waals surface area contributed by atoms with Crippen LogP contribution in [0, 0.1) is 0 Å². The molecule has 0 atom stereocenters. The Morgan fingerprint density at radius 2 is 2.27 bits per heavy atom. The molecule has 0 saturated carbocycles. The molecule has 0 spiro atoms. The monoisotopic (exact) mass is 222 g/mol. The molecular formula is C9H7ClN4O. The van der Waals surface area contributed by atoms with E-state index in [9.17, 15) is 4.79 Å². The quantitative estimate of drug-likeness (QED) is 0.595. The highest BCUT2D eigenvalue weighted by Crippen LogP contribution is 2.22. The number of carbonyl (C=O) groups excluding carboxylic acids is 1. The lowest BCUT2D eigenvalue weighted by Crippen LogP contribution is -1.97. The Hall–Kier alpha value is -1.88. The number of rotatable bonds is 2. The number of nitrogens with one attached hydrogen (secondary N) is 1. The molecule has 0 saturated heterocycles. The minimum atomic E-state index is 0.296. The van der Waals surface area contributed by atoms with Crippen LogP contribution in [0.3, 0.4) is 0 Å². The van der Waals surface area contributed by atoms with E-state index in [4.69, 9.17) is 17.3 Å². The van der Waals surface area contributed by atoms with E-state index in [2.05, 4.69) is 15.3 Å². The molecule has 0 unspecified atom stereocenters. The second kappa shape index (κ2) is 3.70. The van der Waals surface area contributed by atoms with E-state index in [1.807, 2.05) is 0 Å². The van der Waals surface area contributed by atoms with E-state index in [-0.39, 0.29) is 0 Å². The van der Waals surface area contributed by atoms with Crippen LogP contribution in [0.4, 0.5) is 11.4 Å². The van der Waals surface area contributed by atoms with Crippen LogP contribution in [0.15, 0.2) is 18.3 Å². The number of nitrogen functional groups attached to an aromatic ring is 1. The van der Waals surface area contributed by atoms with Crippen molar-refractivity contribution in [3.8, 4) is 0 Å². The fraction of sp³-hybridized carbons (Fsp3) is 0. The smallest absolute Gasteiger partial charge is 0.211 e. The van der Waals surface area contributed by atoms with Gasteiger partial charge in [0, 0.05) is 6.07 Å². The number of nitrogens with zero attached hydrogens (tertiary/aromatic N) is 2. The topological polar surface area (TPSA) is 80.9 Å². The van der Waals surface area contributed by atoms with Crippen molar-refractivity contribution < 1.29 is 4.79 Å². The van der Waals surface area contributed by atoms with Gasteiger partial charge in [-0.3, -0.25) is 9.78 Å². The highest BCUT2D eigenvalue weighted by molar-refractivity contribution is 6.30. The third-order valence-electron chi connectivity index (χ3n) is 1.87. The molecule has 5 nitrogen and oxygen atoms in total. The molecule has 15 heavy (non-hydrogen) atoms. The van der Waals surface area contributed by atoms with E-state index >= 15 is 0 Å². The molecule has 0 aliphatic heterocycles. The van der Waals surface area contributed by atoms with Crippen LogP contribution in [0.2, 0.25) is 5.15 Å². The van der Waals surface area contributed by atoms with Crippen LogP contribution < -0.4 is 11.1 Å². The van der Waals surface area contributed by atoms with Crippen LogP contribution in [0.1, 0.15) is 0 Å². The molecule has 1 amide bonds. The summed E-state index contributed by atoms with van der Waals surface area (Å²) in [6.07, 6.45) is 2.07. The highest BCUT2D eigenvalue weighted by atomic mass is 35.5. The van der Waals surface area contributed by atoms with Crippen LogP contribution >= 0.6 is 11.6 Å². The normalized spacial score (nSPS) is 10.2. The fourth-order valence-electron chi connectivity index (χ4n) is 1.25. The van der Waals surface area contributed by atoms with Gasteiger partial charge in [0.15, 0.2) is 0 Å². The maximum Gasteiger partial charge on any atom is 0.211 e. The number of halogens is 1. The SMILES string of the molecule is Nc1cc(Cl)nc2cc(NC=O)cnc12. The number of nitrogens with two attached hydrogens (primary N) is 1. The molecule has 2 aromatic heterocycles. The lowest BCUT2D eigenvalue weighted by Gasteiger charge is -2.03. The highest BCUT2D eigenvalue weighted by Gasteiger charge is 2.04. The van der Waals surface area contributed by atoms with Gasteiger partial charge in [0.05, 0.1) is 23.1 Å². The minimum absolute atomic E-state index is 0.296. The Labute approximate surface area is 90.3 Å². The summed E-state index contributed by atoms with van der Waals surface area (Å²) in [4.78, 5) is 18.4. The fourth-order valence-corrected chi connectivity index (χ4v) is 1.46. The van der Waals surface area contributed by atoms with Crippen molar-refractivity contribution in [3.05, 3.63) is 23.5 Å². The van der Waals surface area contributed by atoms with Crippen molar-refractivity contribution in [2.75, 3.05) is 11.1 Å². The first-order valence-corrected chi connectivity index (χ1v) is 4.50. The van der Waals surface area contributed by atoms with E-state index < -0.39 is 0 Å². The van der Waals surface area contributed by atoms with Crippen LogP contribution in [0.25, 0.3) is 11.0 Å². The number of aromatic nitrogens is 2. The van der Waals surface area contributed by atoms with E-state index in [0.29, 0.717) is 34.0 Å². The lowest BCUT2D eigenvalue weighted by atomic mass is 10.3. The average Bonchev–Trinajstić information content (AvgIpc) is 2.17. The molecule has 2 heterocycles. The van der Waals surface area contributed by atoms with Gasteiger partial charge in [0.1, 0.15) is 10.7 Å². The second-order valence-corrected chi connectivity index (χ2v) is 3.28. The number of hydrogen-bond acceptors (Lipinski definition) is 4. The molecule has 2 aromatic rings. The van der Waals surface area contributed by atoms with Crippen LogP contribution in [0.5, 0.6) is 0 Å². The van der Waals surface area contributed by atoms with E-state index in [0.717, 1.165) is 0 Å². The van der Waals surface area contributed by atoms with Gasteiger partial charge in [-0.15, -0.1) is 0 Å². The molecular weight excluding hydrogens is 216 g/mol. The van der Waals surface area contributed by atoms with E-state index in [1.165, 1.54) is 12.3 Å². The summed E-state index contributed by atoms with van der Waals surface area (Å²) in [5.41, 5.74) is 7.83. The summed E-state index contributed by atoms with van der Waals surface area (Å²) in [6.45, 7) is 0. The summed E-state index contributed by atoms with van der Waals surface area (Å²) in [5, 5.41) is 2.77. The van der Waals surface area contributed by atoms with Crippen LogP contribution in [-0.2, 0) is 4.79 Å². The van der Waals surface area contributed by atoms with Crippen LogP contribution in [-0.4, -0.2) is 16.4 Å². The van der Waals surface area contributed by atoms with Crippen molar-refractivity contribution in [1.82, 2.24) is 9.97 Å². The summed E-state index contributed by atoms with van der Waals surface area (Å²) in [6, 6.07) is 3.18. The zero-order valence-electron chi connectivity index (χ0n) is 7.57. The van der Waals surface area contributed by atoms with Gasteiger partial charge >= 0.3 is 0 Å². The molecule has 0 bridgehead atoms. The van der Waals surface area contributed by atoms with Crippen molar-refractivity contribution in [2.45, 2.75) is 0 Å². The summed E-state index contributed by atoms with van der Waals surface area (Å²) in [7, 11) is 0. The molecule has 2 rings (SSSR count). The third kappa shape index (κ3) is 1.82. The van der Waals surface area contributed by atoms with Gasteiger partial charge < -0.3 is 11.1 Å². The molecule has 0 aliphatic carbocycles. The molecule has 0 aliphatic rings. The predicted molar refractivity (Wildman–Crippen MR) is 58.6 cm³/mol. The molecule has 3 N–H and O–H groups in total. The molecule has 76 valence electrons.